The van der Waals surface area contributed by atoms with E-state index in [4.69, 9.17) is 22.1 Å². The molecule has 0 spiro atoms. The van der Waals surface area contributed by atoms with E-state index >= 15 is 0 Å². The molecule has 9 heteroatoms. The molecule has 3 N–H and O–H groups in total. The zero-order valence-electron chi connectivity index (χ0n) is 20.3. The van der Waals surface area contributed by atoms with Gasteiger partial charge in [-0.15, -0.1) is 0 Å². The number of hydrogen-bond acceptors (Lipinski definition) is 6. The molecule has 0 saturated carbocycles. The van der Waals surface area contributed by atoms with Crippen LogP contribution in [0.3, 0.4) is 0 Å². The number of aromatic nitrogens is 2. The molecule has 0 aliphatic carbocycles. The van der Waals surface area contributed by atoms with Crippen molar-refractivity contribution in [3.63, 3.8) is 0 Å². The Hall–Kier alpha value is -3.91. The summed E-state index contributed by atoms with van der Waals surface area (Å²) in [6.07, 6.45) is 10.0. The molecule has 0 bridgehead atoms. The summed E-state index contributed by atoms with van der Waals surface area (Å²) in [6.45, 7) is 1.95. The number of nitrogens with one attached hydrogen (secondary N) is 1. The van der Waals surface area contributed by atoms with Crippen molar-refractivity contribution in [1.82, 2.24) is 20.2 Å². The van der Waals surface area contributed by atoms with E-state index in [0.29, 0.717) is 35.1 Å². The maximum atomic E-state index is 12.7. The standard InChI is InChI=1S/C28H28ClN5O3/c29-23-14-20(24-7-6-19(16-31-24)28(36)34-10-2-1-3-11-34)12-21-13-22(37-27(21)23)17-33-26(35)9-5-18-4-8-25(30)32-15-18/h4-9,12,14-16,22H,1-3,10-11,13,17H2,(H2,30,32)(H,33,35)/b9-5+. The second-order valence-corrected chi connectivity index (χ2v) is 9.68. The van der Waals surface area contributed by atoms with Gasteiger partial charge >= 0.3 is 0 Å². The zero-order chi connectivity index (χ0) is 25.8. The van der Waals surface area contributed by atoms with Gasteiger partial charge in [-0.2, -0.15) is 0 Å². The fourth-order valence-corrected chi connectivity index (χ4v) is 4.86. The SMILES string of the molecule is Nc1ccc(/C=C/C(=O)NCC2Cc3cc(-c4ccc(C(=O)N5CCCCC5)cn4)cc(Cl)c3O2)cn1. The fourth-order valence-electron chi connectivity index (χ4n) is 4.58. The molecule has 1 aromatic carbocycles. The van der Waals surface area contributed by atoms with Crippen LogP contribution >= 0.6 is 11.6 Å². The highest BCUT2D eigenvalue weighted by Crippen LogP contribution is 2.39. The third-order valence-electron chi connectivity index (χ3n) is 6.54. The van der Waals surface area contributed by atoms with Crippen molar-refractivity contribution in [2.45, 2.75) is 31.8 Å². The van der Waals surface area contributed by atoms with Crippen LogP contribution in [0.1, 0.15) is 40.7 Å². The van der Waals surface area contributed by atoms with E-state index in [1.54, 1.807) is 30.6 Å². The lowest BCUT2D eigenvalue weighted by molar-refractivity contribution is -0.116. The molecule has 2 aromatic heterocycles. The lowest BCUT2D eigenvalue weighted by atomic mass is 10.0. The first-order valence-electron chi connectivity index (χ1n) is 12.4. The van der Waals surface area contributed by atoms with Gasteiger partial charge < -0.3 is 20.7 Å². The van der Waals surface area contributed by atoms with Crippen LogP contribution < -0.4 is 15.8 Å². The summed E-state index contributed by atoms with van der Waals surface area (Å²) in [5.74, 6) is 0.859. The zero-order valence-corrected chi connectivity index (χ0v) is 21.1. The van der Waals surface area contributed by atoms with E-state index < -0.39 is 0 Å². The Morgan fingerprint density at radius 1 is 1.11 bits per heavy atom. The van der Waals surface area contributed by atoms with Gasteiger partial charge in [0, 0.05) is 49.1 Å². The van der Waals surface area contributed by atoms with E-state index in [2.05, 4.69) is 15.3 Å². The number of rotatable bonds is 6. The molecule has 4 heterocycles. The molecule has 2 aliphatic heterocycles. The van der Waals surface area contributed by atoms with Crippen LogP contribution in [0.25, 0.3) is 17.3 Å². The molecule has 1 fully saturated rings. The Balaban J connectivity index is 1.19. The monoisotopic (exact) mass is 517 g/mol. The summed E-state index contributed by atoms with van der Waals surface area (Å²) in [5.41, 5.74) is 9.51. The minimum Gasteiger partial charge on any atom is -0.486 e. The van der Waals surface area contributed by atoms with Crippen LogP contribution in [0.2, 0.25) is 5.02 Å². The molecule has 1 atom stereocenters. The smallest absolute Gasteiger partial charge is 0.255 e. The summed E-state index contributed by atoms with van der Waals surface area (Å²) < 4.78 is 6.01. The van der Waals surface area contributed by atoms with Gasteiger partial charge in [-0.25, -0.2) is 4.98 Å². The number of ether oxygens (including phenoxy) is 1. The van der Waals surface area contributed by atoms with Gasteiger partial charge in [-0.3, -0.25) is 14.6 Å². The van der Waals surface area contributed by atoms with Crippen molar-refractivity contribution in [3.8, 4) is 17.0 Å². The second kappa shape index (κ2) is 11.0. The maximum Gasteiger partial charge on any atom is 0.255 e. The molecule has 0 radical (unpaired) electrons. The summed E-state index contributed by atoms with van der Waals surface area (Å²) in [7, 11) is 0. The van der Waals surface area contributed by atoms with Gasteiger partial charge in [-0.1, -0.05) is 11.6 Å². The fraction of sp³-hybridized carbons (Fsp3) is 0.286. The van der Waals surface area contributed by atoms with Gasteiger partial charge in [0.25, 0.3) is 5.91 Å². The molecule has 2 aliphatic rings. The molecular formula is C28H28ClN5O3. The minimum atomic E-state index is -0.230. The minimum absolute atomic E-state index is 0.0315. The Morgan fingerprint density at radius 2 is 1.95 bits per heavy atom. The number of nitrogen functional groups attached to an aromatic ring is 1. The Morgan fingerprint density at radius 3 is 2.68 bits per heavy atom. The topological polar surface area (TPSA) is 110 Å². The van der Waals surface area contributed by atoms with Crippen molar-refractivity contribution >= 4 is 35.3 Å². The second-order valence-electron chi connectivity index (χ2n) is 9.27. The molecule has 2 amide bonds. The number of anilines is 1. The van der Waals surface area contributed by atoms with E-state index in [1.165, 1.54) is 12.5 Å². The van der Waals surface area contributed by atoms with Crippen LogP contribution in [-0.2, 0) is 11.2 Å². The number of benzene rings is 1. The van der Waals surface area contributed by atoms with Crippen LogP contribution in [0.15, 0.2) is 54.9 Å². The van der Waals surface area contributed by atoms with E-state index in [9.17, 15) is 9.59 Å². The highest BCUT2D eigenvalue weighted by atomic mass is 35.5. The molecule has 37 heavy (non-hydrogen) atoms. The predicted molar refractivity (Wildman–Crippen MR) is 143 cm³/mol. The summed E-state index contributed by atoms with van der Waals surface area (Å²) >= 11 is 6.54. The van der Waals surface area contributed by atoms with Gasteiger partial charge in [0.2, 0.25) is 5.91 Å². The predicted octanol–water partition coefficient (Wildman–Crippen LogP) is 4.14. The number of nitrogens with two attached hydrogens (primary N) is 1. The van der Waals surface area contributed by atoms with E-state index in [0.717, 1.165) is 48.3 Å². The molecule has 1 saturated heterocycles. The third kappa shape index (κ3) is 5.91. The number of nitrogens with zero attached hydrogens (tertiary/aromatic N) is 3. The summed E-state index contributed by atoms with van der Waals surface area (Å²) in [4.78, 5) is 35.4. The summed E-state index contributed by atoms with van der Waals surface area (Å²) in [6, 6.07) is 11.0. The van der Waals surface area contributed by atoms with Crippen molar-refractivity contribution in [3.05, 3.63) is 76.6 Å². The number of amides is 2. The number of carbonyl (C=O) groups excluding carboxylic acids is 2. The van der Waals surface area contributed by atoms with Gasteiger partial charge in [0.15, 0.2) is 0 Å². The first-order valence-corrected chi connectivity index (χ1v) is 12.8. The van der Waals surface area contributed by atoms with Crippen LogP contribution in [0.5, 0.6) is 5.75 Å². The number of piperidine rings is 1. The van der Waals surface area contributed by atoms with Crippen molar-refractivity contribution < 1.29 is 14.3 Å². The molecule has 190 valence electrons. The van der Waals surface area contributed by atoms with Gasteiger partial charge in [0.1, 0.15) is 17.7 Å². The lowest BCUT2D eigenvalue weighted by Gasteiger charge is -2.26. The number of halogens is 1. The van der Waals surface area contributed by atoms with E-state index in [1.807, 2.05) is 29.2 Å². The number of carbonyl (C=O) groups is 2. The number of hydrogen-bond donors (Lipinski definition) is 2. The molecule has 5 rings (SSSR count). The first kappa shape index (κ1) is 24.8. The van der Waals surface area contributed by atoms with Gasteiger partial charge in [-0.05, 0) is 67.3 Å². The molecular weight excluding hydrogens is 490 g/mol. The number of fused-ring (bicyclic) bond motifs is 1. The highest BCUT2D eigenvalue weighted by Gasteiger charge is 2.26. The highest BCUT2D eigenvalue weighted by molar-refractivity contribution is 6.32. The van der Waals surface area contributed by atoms with Crippen molar-refractivity contribution in [2.24, 2.45) is 0 Å². The average molecular weight is 518 g/mol. The van der Waals surface area contributed by atoms with Crippen LogP contribution in [-0.4, -0.2) is 52.4 Å². The average Bonchev–Trinajstić information content (AvgIpc) is 3.35. The molecule has 8 nitrogen and oxygen atoms in total. The first-order chi connectivity index (χ1) is 18.0. The summed E-state index contributed by atoms with van der Waals surface area (Å²) in [5, 5.41) is 3.36. The van der Waals surface area contributed by atoms with Crippen molar-refractivity contribution in [1.29, 1.82) is 0 Å². The van der Waals surface area contributed by atoms with Crippen molar-refractivity contribution in [2.75, 3.05) is 25.4 Å². The Bertz CT molecular complexity index is 1320. The Kier molecular flexibility index (Phi) is 7.37. The number of likely N-dealkylation sites (tertiary alicyclic amines) is 1. The molecule has 3 aromatic rings. The van der Waals surface area contributed by atoms with Crippen LogP contribution in [0.4, 0.5) is 5.82 Å². The van der Waals surface area contributed by atoms with E-state index in [-0.39, 0.29) is 17.9 Å². The normalized spacial score (nSPS) is 16.9. The molecule has 1 unspecified atom stereocenters. The lowest BCUT2D eigenvalue weighted by Crippen LogP contribution is -2.35. The maximum absolute atomic E-state index is 12.7. The third-order valence-corrected chi connectivity index (χ3v) is 6.82. The van der Waals surface area contributed by atoms with Crippen LogP contribution in [0, 0.1) is 0 Å². The van der Waals surface area contributed by atoms with Gasteiger partial charge in [0.05, 0.1) is 22.8 Å². The Labute approximate surface area is 220 Å². The quantitative estimate of drug-likeness (QED) is 0.475. The largest absolute Gasteiger partial charge is 0.486 e. The number of pyridine rings is 2.